The van der Waals surface area contributed by atoms with E-state index in [2.05, 4.69) is 14.9 Å². The summed E-state index contributed by atoms with van der Waals surface area (Å²) in [6, 6.07) is 3.40. The molecule has 0 bridgehead atoms. The van der Waals surface area contributed by atoms with Gasteiger partial charge >= 0.3 is 0 Å². The van der Waals surface area contributed by atoms with Gasteiger partial charge in [-0.15, -0.1) is 0 Å². The number of ether oxygens (including phenoxy) is 2. The number of fused-ring (bicyclic) bond motifs is 1. The minimum absolute atomic E-state index is 0.155. The fourth-order valence-electron chi connectivity index (χ4n) is 2.53. The molecule has 1 N–H and O–H groups in total. The number of hydrogen-bond donors (Lipinski definition) is 1. The Bertz CT molecular complexity index is 690. The Morgan fingerprint density at radius 2 is 1.80 bits per heavy atom. The van der Waals surface area contributed by atoms with Gasteiger partial charge in [0.05, 0.1) is 25.1 Å². The monoisotopic (exact) mass is 275 g/mol. The van der Waals surface area contributed by atoms with Crippen molar-refractivity contribution in [1.82, 2.24) is 9.97 Å². The minimum Gasteiger partial charge on any atom is -0.493 e. The molecule has 0 atom stereocenters. The van der Waals surface area contributed by atoms with Gasteiger partial charge in [0.1, 0.15) is 0 Å². The Hall–Kier alpha value is -2.24. The van der Waals surface area contributed by atoms with E-state index in [-0.39, 0.29) is 5.56 Å². The van der Waals surface area contributed by atoms with Gasteiger partial charge in [0.15, 0.2) is 11.5 Å². The van der Waals surface area contributed by atoms with E-state index >= 15 is 0 Å². The lowest BCUT2D eigenvalue weighted by Crippen LogP contribution is -2.24. The lowest BCUT2D eigenvalue weighted by atomic mass is 10.2. The smallest absolute Gasteiger partial charge is 0.260 e. The Balaban J connectivity index is 2.17. The van der Waals surface area contributed by atoms with E-state index in [1.807, 2.05) is 0 Å². The zero-order valence-electron chi connectivity index (χ0n) is 11.6. The van der Waals surface area contributed by atoms with Crippen LogP contribution >= 0.6 is 0 Å². The number of methoxy groups -OCH3 is 2. The van der Waals surface area contributed by atoms with Crippen LogP contribution in [0.1, 0.15) is 12.8 Å². The minimum atomic E-state index is -0.155. The predicted molar refractivity (Wildman–Crippen MR) is 76.9 cm³/mol. The van der Waals surface area contributed by atoms with Gasteiger partial charge in [-0.1, -0.05) is 0 Å². The predicted octanol–water partition coefficient (Wildman–Crippen LogP) is 1.54. The van der Waals surface area contributed by atoms with E-state index in [0.29, 0.717) is 28.4 Å². The highest BCUT2D eigenvalue weighted by Crippen LogP contribution is 2.30. The Labute approximate surface area is 116 Å². The van der Waals surface area contributed by atoms with Crippen molar-refractivity contribution in [3.05, 3.63) is 22.5 Å². The molecule has 2 aromatic rings. The van der Waals surface area contributed by atoms with Gasteiger partial charge < -0.3 is 14.4 Å². The molecule has 1 fully saturated rings. The topological polar surface area (TPSA) is 67.5 Å². The van der Waals surface area contributed by atoms with Crippen molar-refractivity contribution in [2.75, 3.05) is 32.2 Å². The number of hydrogen-bond acceptors (Lipinski definition) is 5. The van der Waals surface area contributed by atoms with Crippen LogP contribution in [0.5, 0.6) is 11.5 Å². The molecule has 6 heteroatoms. The largest absolute Gasteiger partial charge is 0.493 e. The first kappa shape index (κ1) is 12.8. The second-order valence-electron chi connectivity index (χ2n) is 4.81. The van der Waals surface area contributed by atoms with Gasteiger partial charge in [-0.3, -0.25) is 9.78 Å². The van der Waals surface area contributed by atoms with Crippen LogP contribution in [-0.2, 0) is 0 Å². The van der Waals surface area contributed by atoms with Crippen molar-refractivity contribution in [3.63, 3.8) is 0 Å². The SMILES string of the molecule is COc1cc2nc(N3CCCC3)[nH]c(=O)c2cc1OC. The number of aromatic nitrogens is 2. The molecule has 6 nitrogen and oxygen atoms in total. The Morgan fingerprint density at radius 1 is 1.15 bits per heavy atom. The Morgan fingerprint density at radius 3 is 2.45 bits per heavy atom. The number of anilines is 1. The summed E-state index contributed by atoms with van der Waals surface area (Å²) in [6.45, 7) is 1.86. The molecule has 106 valence electrons. The molecule has 1 aliphatic heterocycles. The highest BCUT2D eigenvalue weighted by molar-refractivity contribution is 5.82. The fourth-order valence-corrected chi connectivity index (χ4v) is 2.53. The molecule has 1 aromatic carbocycles. The van der Waals surface area contributed by atoms with Crippen LogP contribution in [0, 0.1) is 0 Å². The molecule has 20 heavy (non-hydrogen) atoms. The third-order valence-electron chi connectivity index (χ3n) is 3.60. The quantitative estimate of drug-likeness (QED) is 0.920. The zero-order valence-corrected chi connectivity index (χ0v) is 11.6. The van der Waals surface area contributed by atoms with Crippen molar-refractivity contribution in [2.45, 2.75) is 12.8 Å². The molecule has 1 saturated heterocycles. The zero-order chi connectivity index (χ0) is 14.1. The number of benzene rings is 1. The molecule has 3 rings (SSSR count). The second-order valence-corrected chi connectivity index (χ2v) is 4.81. The third kappa shape index (κ3) is 2.07. The van der Waals surface area contributed by atoms with E-state index in [9.17, 15) is 4.79 Å². The number of nitrogens with one attached hydrogen (secondary N) is 1. The molecule has 0 radical (unpaired) electrons. The van der Waals surface area contributed by atoms with Crippen LogP contribution in [0.2, 0.25) is 0 Å². The van der Waals surface area contributed by atoms with Gasteiger partial charge in [0.2, 0.25) is 5.95 Å². The molecule has 0 unspecified atom stereocenters. The van der Waals surface area contributed by atoms with Gasteiger partial charge in [-0.05, 0) is 18.9 Å². The highest BCUT2D eigenvalue weighted by Gasteiger charge is 2.17. The van der Waals surface area contributed by atoms with E-state index in [1.54, 1.807) is 26.4 Å². The third-order valence-corrected chi connectivity index (χ3v) is 3.60. The first-order valence-electron chi connectivity index (χ1n) is 6.64. The number of aromatic amines is 1. The maximum atomic E-state index is 12.2. The normalized spacial score (nSPS) is 14.8. The van der Waals surface area contributed by atoms with Crippen LogP contribution in [0.25, 0.3) is 10.9 Å². The molecule has 0 amide bonds. The van der Waals surface area contributed by atoms with Crippen LogP contribution in [0.3, 0.4) is 0 Å². The lowest BCUT2D eigenvalue weighted by Gasteiger charge is -2.16. The van der Waals surface area contributed by atoms with Crippen molar-refractivity contribution in [3.8, 4) is 11.5 Å². The maximum absolute atomic E-state index is 12.2. The number of rotatable bonds is 3. The molecule has 1 aliphatic rings. The maximum Gasteiger partial charge on any atom is 0.260 e. The van der Waals surface area contributed by atoms with Crippen LogP contribution in [0.4, 0.5) is 5.95 Å². The first-order valence-corrected chi connectivity index (χ1v) is 6.64. The summed E-state index contributed by atoms with van der Waals surface area (Å²) >= 11 is 0. The summed E-state index contributed by atoms with van der Waals surface area (Å²) in [5.41, 5.74) is 0.464. The summed E-state index contributed by atoms with van der Waals surface area (Å²) in [5.74, 6) is 1.74. The molecule has 0 aliphatic carbocycles. The second kappa shape index (κ2) is 5.03. The molecular weight excluding hydrogens is 258 g/mol. The first-order chi connectivity index (χ1) is 9.72. The van der Waals surface area contributed by atoms with E-state index in [1.165, 1.54) is 0 Å². The van der Waals surface area contributed by atoms with Crippen molar-refractivity contribution in [2.24, 2.45) is 0 Å². The van der Waals surface area contributed by atoms with Gasteiger partial charge in [-0.2, -0.15) is 0 Å². The standard InChI is InChI=1S/C14H17N3O3/c1-19-11-7-9-10(8-12(11)20-2)15-14(16-13(9)18)17-5-3-4-6-17/h7-8H,3-6H2,1-2H3,(H,15,16,18). The van der Waals surface area contributed by atoms with Crippen molar-refractivity contribution >= 4 is 16.9 Å². The lowest BCUT2D eigenvalue weighted by molar-refractivity contribution is 0.355. The van der Waals surface area contributed by atoms with Crippen LogP contribution < -0.4 is 19.9 Å². The molecule has 1 aromatic heterocycles. The molecule has 0 spiro atoms. The number of H-pyrrole nitrogens is 1. The van der Waals surface area contributed by atoms with Gasteiger partial charge in [0.25, 0.3) is 5.56 Å². The number of nitrogens with zero attached hydrogens (tertiary/aromatic N) is 2. The van der Waals surface area contributed by atoms with Gasteiger partial charge in [-0.25, -0.2) is 4.98 Å². The molecule has 2 heterocycles. The summed E-state index contributed by atoms with van der Waals surface area (Å²) in [6.07, 6.45) is 2.27. The van der Waals surface area contributed by atoms with Crippen molar-refractivity contribution in [1.29, 1.82) is 0 Å². The molecule has 0 saturated carbocycles. The summed E-state index contributed by atoms with van der Waals surface area (Å²) in [5, 5.41) is 0.505. The summed E-state index contributed by atoms with van der Waals surface area (Å²) < 4.78 is 10.5. The van der Waals surface area contributed by atoms with Gasteiger partial charge in [0, 0.05) is 19.2 Å². The summed E-state index contributed by atoms with van der Waals surface area (Å²) in [7, 11) is 3.11. The van der Waals surface area contributed by atoms with Crippen LogP contribution in [0.15, 0.2) is 16.9 Å². The average molecular weight is 275 g/mol. The van der Waals surface area contributed by atoms with Crippen LogP contribution in [-0.4, -0.2) is 37.3 Å². The summed E-state index contributed by atoms with van der Waals surface area (Å²) in [4.78, 5) is 21.7. The Kier molecular flexibility index (Phi) is 3.22. The molecular formula is C14H17N3O3. The highest BCUT2D eigenvalue weighted by atomic mass is 16.5. The van der Waals surface area contributed by atoms with E-state index in [0.717, 1.165) is 25.9 Å². The van der Waals surface area contributed by atoms with Crippen molar-refractivity contribution < 1.29 is 9.47 Å². The van der Waals surface area contributed by atoms with E-state index < -0.39 is 0 Å². The average Bonchev–Trinajstić information content (AvgIpc) is 3.00. The van der Waals surface area contributed by atoms with E-state index in [4.69, 9.17) is 9.47 Å². The fraction of sp³-hybridized carbons (Fsp3) is 0.429.